The van der Waals surface area contributed by atoms with Crippen LogP contribution in [0.2, 0.25) is 0 Å². The highest BCUT2D eigenvalue weighted by atomic mass is 16.4. The van der Waals surface area contributed by atoms with Crippen LogP contribution in [0.15, 0.2) is 42.5 Å². The van der Waals surface area contributed by atoms with E-state index in [0.29, 0.717) is 26.1 Å². The van der Waals surface area contributed by atoms with Crippen molar-refractivity contribution in [3.63, 3.8) is 0 Å². The normalized spacial score (nSPS) is 15.8. The topological polar surface area (TPSA) is 94.6 Å². The number of pyridine rings is 1. The van der Waals surface area contributed by atoms with Gasteiger partial charge in [0.2, 0.25) is 0 Å². The molecule has 1 aliphatic heterocycles. The van der Waals surface area contributed by atoms with Crippen molar-refractivity contribution < 1.29 is 14.7 Å². The minimum atomic E-state index is -0.804. The van der Waals surface area contributed by atoms with Gasteiger partial charge in [0.05, 0.1) is 6.42 Å². The number of carbonyl (C=O) groups excluding carboxylic acids is 1. The number of aryl methyl sites for hydroxylation is 1. The lowest BCUT2D eigenvalue weighted by Gasteiger charge is -2.21. The Morgan fingerprint density at radius 1 is 1.13 bits per heavy atom. The summed E-state index contributed by atoms with van der Waals surface area (Å²) in [5, 5.41) is 15.5. The van der Waals surface area contributed by atoms with Crippen LogP contribution in [0.25, 0.3) is 0 Å². The number of nitrogens with zero attached hydrogens (tertiary/aromatic N) is 2. The van der Waals surface area contributed by atoms with Gasteiger partial charge < -0.3 is 20.6 Å². The van der Waals surface area contributed by atoms with Crippen molar-refractivity contribution in [1.82, 2.24) is 15.2 Å². The van der Waals surface area contributed by atoms with Crippen LogP contribution in [0, 0.1) is 6.92 Å². The van der Waals surface area contributed by atoms with E-state index in [-0.39, 0.29) is 18.4 Å². The fourth-order valence-electron chi connectivity index (χ4n) is 3.84. The van der Waals surface area contributed by atoms with Gasteiger partial charge >= 0.3 is 12.0 Å². The zero-order chi connectivity index (χ0) is 21.3. The maximum absolute atomic E-state index is 12.7. The van der Waals surface area contributed by atoms with E-state index in [1.165, 1.54) is 0 Å². The van der Waals surface area contributed by atoms with Crippen molar-refractivity contribution in [3.8, 4) is 0 Å². The smallest absolute Gasteiger partial charge is 0.317 e. The predicted molar refractivity (Wildman–Crippen MR) is 117 cm³/mol. The molecule has 2 aromatic rings. The van der Waals surface area contributed by atoms with Crippen molar-refractivity contribution in [2.45, 2.75) is 45.1 Å². The van der Waals surface area contributed by atoms with Gasteiger partial charge in [-0.25, -0.2) is 9.78 Å². The summed E-state index contributed by atoms with van der Waals surface area (Å²) in [4.78, 5) is 30.1. The van der Waals surface area contributed by atoms with Crippen LogP contribution in [-0.4, -0.2) is 46.6 Å². The number of aliphatic carboxylic acids is 1. The first-order valence-electron chi connectivity index (χ1n) is 10.5. The summed E-state index contributed by atoms with van der Waals surface area (Å²) in [5.41, 5.74) is 3.06. The number of aromatic nitrogens is 1. The third-order valence-corrected chi connectivity index (χ3v) is 5.39. The molecule has 0 aliphatic carbocycles. The Morgan fingerprint density at radius 3 is 2.73 bits per heavy atom. The zero-order valence-corrected chi connectivity index (χ0v) is 17.4. The molecule has 7 nitrogen and oxygen atoms in total. The lowest BCUT2D eigenvalue weighted by Crippen LogP contribution is -2.40. The molecule has 3 rings (SSSR count). The number of benzene rings is 1. The molecule has 0 radical (unpaired) electrons. The van der Waals surface area contributed by atoms with E-state index in [2.05, 4.69) is 15.6 Å². The van der Waals surface area contributed by atoms with E-state index >= 15 is 0 Å². The number of urea groups is 1. The van der Waals surface area contributed by atoms with Crippen LogP contribution in [0.3, 0.4) is 0 Å². The average molecular weight is 411 g/mol. The number of nitrogens with one attached hydrogen (secondary N) is 2. The third kappa shape index (κ3) is 6.20. The number of carbonyl (C=O) groups is 2. The second-order valence-electron chi connectivity index (χ2n) is 7.73. The van der Waals surface area contributed by atoms with Crippen LogP contribution in [0.1, 0.15) is 48.4 Å². The van der Waals surface area contributed by atoms with Crippen LogP contribution in [0.4, 0.5) is 10.6 Å². The number of hydrogen-bond donors (Lipinski definition) is 3. The van der Waals surface area contributed by atoms with Crippen LogP contribution in [-0.2, 0) is 11.3 Å². The molecular weight excluding hydrogens is 380 g/mol. The third-order valence-electron chi connectivity index (χ3n) is 5.39. The molecule has 0 saturated heterocycles. The molecule has 0 bridgehead atoms. The Balaban J connectivity index is 1.44. The SMILES string of the molecule is Cc1cccc(NCCCCNC(=O)N2CCC(CC(=O)O)c3ccccc3C2)n1. The number of fused-ring (bicyclic) bond motifs is 1. The molecule has 1 unspecified atom stereocenters. The average Bonchev–Trinajstić information content (AvgIpc) is 2.90. The standard InChI is InChI=1S/C23H30N4O3/c1-17-7-6-10-21(26-17)24-12-4-5-13-25-23(30)27-14-11-18(15-22(28)29)20-9-3-2-8-19(20)16-27/h2-3,6-10,18H,4-5,11-16H2,1H3,(H,24,26)(H,25,30)(H,28,29). The van der Waals surface area contributed by atoms with Gasteiger partial charge in [0.1, 0.15) is 5.82 Å². The number of amides is 2. The fourth-order valence-corrected chi connectivity index (χ4v) is 3.84. The molecule has 1 aromatic carbocycles. The van der Waals surface area contributed by atoms with Gasteiger partial charge in [0, 0.05) is 31.9 Å². The van der Waals surface area contributed by atoms with Crippen molar-refractivity contribution in [3.05, 3.63) is 59.3 Å². The van der Waals surface area contributed by atoms with Crippen molar-refractivity contribution in [1.29, 1.82) is 0 Å². The second-order valence-corrected chi connectivity index (χ2v) is 7.73. The fraction of sp³-hybridized carbons (Fsp3) is 0.435. The number of rotatable bonds is 8. The summed E-state index contributed by atoms with van der Waals surface area (Å²) in [7, 11) is 0. The summed E-state index contributed by atoms with van der Waals surface area (Å²) in [5.74, 6) is 0.0122. The summed E-state index contributed by atoms with van der Waals surface area (Å²) in [6, 6.07) is 13.6. The Bertz CT molecular complexity index is 871. The minimum Gasteiger partial charge on any atom is -0.481 e. The molecule has 0 fully saturated rings. The number of anilines is 1. The summed E-state index contributed by atoms with van der Waals surface area (Å²) >= 11 is 0. The van der Waals surface area contributed by atoms with Crippen LogP contribution < -0.4 is 10.6 Å². The van der Waals surface area contributed by atoms with Crippen molar-refractivity contribution in [2.75, 3.05) is 25.0 Å². The number of carboxylic acid groups (broad SMARTS) is 1. The lowest BCUT2D eigenvalue weighted by molar-refractivity contribution is -0.137. The van der Waals surface area contributed by atoms with E-state index < -0.39 is 5.97 Å². The molecule has 1 atom stereocenters. The van der Waals surface area contributed by atoms with Gasteiger partial charge in [-0.15, -0.1) is 0 Å². The van der Waals surface area contributed by atoms with Crippen molar-refractivity contribution in [2.24, 2.45) is 0 Å². The molecule has 3 N–H and O–H groups in total. The Labute approximate surface area is 177 Å². The number of carboxylic acids is 1. The highest BCUT2D eigenvalue weighted by molar-refractivity contribution is 5.74. The van der Waals surface area contributed by atoms with Gasteiger partial charge in [0.15, 0.2) is 0 Å². The summed E-state index contributed by atoms with van der Waals surface area (Å²) < 4.78 is 0. The molecular formula is C23H30N4O3. The monoisotopic (exact) mass is 410 g/mol. The first-order valence-corrected chi connectivity index (χ1v) is 10.5. The zero-order valence-electron chi connectivity index (χ0n) is 17.4. The number of unbranched alkanes of at least 4 members (excludes halogenated alkanes) is 1. The summed E-state index contributed by atoms with van der Waals surface area (Å²) in [6.45, 7) is 4.45. The van der Waals surface area contributed by atoms with Crippen LogP contribution in [0.5, 0.6) is 0 Å². The Morgan fingerprint density at radius 2 is 1.93 bits per heavy atom. The second kappa shape index (κ2) is 10.6. The highest BCUT2D eigenvalue weighted by Gasteiger charge is 2.26. The molecule has 1 aromatic heterocycles. The van der Waals surface area contributed by atoms with Gasteiger partial charge in [-0.05, 0) is 55.4 Å². The molecule has 2 heterocycles. The summed E-state index contributed by atoms with van der Waals surface area (Å²) in [6.07, 6.45) is 2.55. The van der Waals surface area contributed by atoms with Gasteiger partial charge in [-0.1, -0.05) is 30.3 Å². The largest absolute Gasteiger partial charge is 0.481 e. The predicted octanol–water partition coefficient (Wildman–Crippen LogP) is 3.76. The maximum Gasteiger partial charge on any atom is 0.317 e. The molecule has 0 spiro atoms. The Kier molecular flexibility index (Phi) is 7.65. The molecule has 7 heteroatoms. The first kappa shape index (κ1) is 21.6. The Hall–Kier alpha value is -3.09. The van der Waals surface area contributed by atoms with E-state index in [9.17, 15) is 14.7 Å². The highest BCUT2D eigenvalue weighted by Crippen LogP contribution is 2.31. The molecule has 0 saturated carbocycles. The van der Waals surface area contributed by atoms with E-state index in [4.69, 9.17) is 0 Å². The molecule has 160 valence electrons. The van der Waals surface area contributed by atoms with E-state index in [0.717, 1.165) is 42.0 Å². The molecule has 1 aliphatic rings. The molecule has 30 heavy (non-hydrogen) atoms. The lowest BCUT2D eigenvalue weighted by atomic mass is 9.90. The maximum atomic E-state index is 12.7. The minimum absolute atomic E-state index is 0.0576. The van der Waals surface area contributed by atoms with Gasteiger partial charge in [-0.2, -0.15) is 0 Å². The van der Waals surface area contributed by atoms with E-state index in [1.54, 1.807) is 4.90 Å². The number of hydrogen-bond acceptors (Lipinski definition) is 4. The molecule has 2 amide bonds. The van der Waals surface area contributed by atoms with Crippen molar-refractivity contribution >= 4 is 17.8 Å². The quantitative estimate of drug-likeness (QED) is 0.576. The van der Waals surface area contributed by atoms with Gasteiger partial charge in [0.25, 0.3) is 0 Å². The van der Waals surface area contributed by atoms with Crippen LogP contribution >= 0.6 is 0 Å². The van der Waals surface area contributed by atoms with E-state index in [1.807, 2.05) is 49.4 Å². The van der Waals surface area contributed by atoms with Gasteiger partial charge in [-0.3, -0.25) is 4.79 Å². The first-order chi connectivity index (χ1) is 14.5.